The zero-order valence-corrected chi connectivity index (χ0v) is 24.5. The number of hydrogen-bond acceptors (Lipinski definition) is 6. The van der Waals surface area contributed by atoms with E-state index in [0.717, 1.165) is 22.6 Å². The van der Waals surface area contributed by atoms with Crippen LogP contribution in [0.15, 0.2) is 109 Å². The molecule has 0 N–H and O–H groups in total. The van der Waals surface area contributed by atoms with Crippen molar-refractivity contribution in [2.24, 2.45) is 0 Å². The first-order valence-corrected chi connectivity index (χ1v) is 14.2. The summed E-state index contributed by atoms with van der Waals surface area (Å²) in [5.41, 5.74) is 3.91. The van der Waals surface area contributed by atoms with Crippen LogP contribution in [0.5, 0.6) is 0 Å². The maximum absolute atomic E-state index is 13.8. The van der Waals surface area contributed by atoms with Crippen molar-refractivity contribution in [2.75, 3.05) is 0 Å². The summed E-state index contributed by atoms with van der Waals surface area (Å²) >= 11 is 12.3. The minimum atomic E-state index is -0.764. The lowest BCUT2D eigenvalue weighted by Crippen LogP contribution is -2.32. The summed E-state index contributed by atoms with van der Waals surface area (Å²) in [4.78, 5) is 36.3. The quantitative estimate of drug-likeness (QED) is 0.203. The van der Waals surface area contributed by atoms with Crippen LogP contribution < -0.4 is 5.56 Å². The van der Waals surface area contributed by atoms with Crippen LogP contribution in [0.1, 0.15) is 23.0 Å². The van der Waals surface area contributed by atoms with E-state index < -0.39 is 6.04 Å². The lowest BCUT2D eigenvalue weighted by molar-refractivity contribution is -0.121. The predicted molar refractivity (Wildman–Crippen MR) is 165 cm³/mol. The van der Waals surface area contributed by atoms with Gasteiger partial charge >= 0.3 is 0 Å². The molecule has 0 amide bonds. The summed E-state index contributed by atoms with van der Waals surface area (Å²) in [7, 11) is 0. The fraction of sp³-hybridized carbons (Fsp3) is 0.125. The fourth-order valence-electron chi connectivity index (χ4n) is 5.01. The molecule has 0 saturated heterocycles. The van der Waals surface area contributed by atoms with Gasteiger partial charge in [-0.05, 0) is 48.4 Å². The highest BCUT2D eigenvalue weighted by Crippen LogP contribution is 2.28. The highest BCUT2D eigenvalue weighted by Gasteiger charge is 2.23. The van der Waals surface area contributed by atoms with Gasteiger partial charge < -0.3 is 4.57 Å². The normalized spacial score (nSPS) is 11.9. The van der Waals surface area contributed by atoms with E-state index in [9.17, 15) is 9.59 Å². The molecule has 6 rings (SSSR count). The number of imidazole rings is 1. The molecule has 1 atom stereocenters. The Balaban J connectivity index is 1.33. The number of hydrogen-bond donors (Lipinski definition) is 0. The largest absolute Gasteiger partial charge is 0.304 e. The molecule has 0 aliphatic heterocycles. The van der Waals surface area contributed by atoms with Crippen molar-refractivity contribution in [3.63, 3.8) is 0 Å². The van der Waals surface area contributed by atoms with Gasteiger partial charge in [-0.2, -0.15) is 0 Å². The second-order valence-electron chi connectivity index (χ2n) is 10.0. The van der Waals surface area contributed by atoms with Gasteiger partial charge in [0.2, 0.25) is 0 Å². The van der Waals surface area contributed by atoms with Gasteiger partial charge in [-0.15, -0.1) is 5.10 Å². The van der Waals surface area contributed by atoms with Crippen LogP contribution in [0.3, 0.4) is 0 Å². The van der Waals surface area contributed by atoms with E-state index in [1.54, 1.807) is 30.6 Å². The second kappa shape index (κ2) is 12.2. The van der Waals surface area contributed by atoms with Crippen LogP contribution in [-0.4, -0.2) is 39.9 Å². The highest BCUT2D eigenvalue weighted by molar-refractivity contribution is 6.31. The molecule has 0 radical (unpaired) electrons. The Kier molecular flexibility index (Phi) is 8.00. The van der Waals surface area contributed by atoms with Gasteiger partial charge in [0.15, 0.2) is 10.9 Å². The topological polar surface area (TPSA) is 100 Å². The first-order valence-electron chi connectivity index (χ1n) is 13.5. The number of carbonyl (C=O) groups is 1. The molecule has 0 aliphatic carbocycles. The van der Waals surface area contributed by atoms with Crippen molar-refractivity contribution in [3.8, 4) is 22.6 Å². The van der Waals surface area contributed by atoms with Crippen LogP contribution in [0.25, 0.3) is 22.6 Å². The van der Waals surface area contributed by atoms with Crippen molar-refractivity contribution in [3.05, 3.63) is 141 Å². The van der Waals surface area contributed by atoms with Crippen molar-refractivity contribution in [2.45, 2.75) is 25.8 Å². The second-order valence-corrected chi connectivity index (χ2v) is 10.9. The Morgan fingerprint density at radius 1 is 0.930 bits per heavy atom. The highest BCUT2D eigenvalue weighted by atomic mass is 35.5. The Bertz CT molecular complexity index is 1960. The van der Waals surface area contributed by atoms with Gasteiger partial charge in [-0.1, -0.05) is 70.9 Å². The van der Waals surface area contributed by atoms with E-state index >= 15 is 0 Å². The number of benzene rings is 3. The average molecular weight is 611 g/mol. The third-order valence-corrected chi connectivity index (χ3v) is 7.59. The monoisotopic (exact) mass is 609 g/mol. The molecule has 0 fully saturated rings. The van der Waals surface area contributed by atoms with Crippen LogP contribution in [0.4, 0.5) is 0 Å². The summed E-state index contributed by atoms with van der Waals surface area (Å²) in [6.07, 6.45) is 7.10. The molecular weight excluding hydrogens is 585 g/mol. The van der Waals surface area contributed by atoms with Crippen molar-refractivity contribution in [1.82, 2.24) is 34.1 Å². The first kappa shape index (κ1) is 28.3. The predicted octanol–water partition coefficient (Wildman–Crippen LogP) is 5.89. The lowest BCUT2D eigenvalue weighted by Gasteiger charge is -2.19. The molecule has 3 heterocycles. The number of nitrogens with zero attached hydrogens (tertiary/aromatic N) is 7. The van der Waals surface area contributed by atoms with Gasteiger partial charge in [0, 0.05) is 47.6 Å². The Hall–Kier alpha value is -4.86. The molecule has 9 nitrogen and oxygen atoms in total. The van der Waals surface area contributed by atoms with Gasteiger partial charge in [0.05, 0.1) is 23.9 Å². The van der Waals surface area contributed by atoms with Gasteiger partial charge in [0.25, 0.3) is 5.56 Å². The van der Waals surface area contributed by atoms with Crippen LogP contribution in [0.2, 0.25) is 10.2 Å². The van der Waals surface area contributed by atoms with Crippen LogP contribution in [-0.2, 0) is 17.6 Å². The third-order valence-electron chi connectivity index (χ3n) is 7.18. The van der Waals surface area contributed by atoms with Crippen molar-refractivity contribution < 1.29 is 4.79 Å². The standard InChI is InChI=1S/C32H25Cl2N7O2/c1-21-35-13-14-39(21)25-10-7-23(8-11-25)16-30(42)29(15-22-5-3-2-4-6-22)40-20-36-27(18-32(40)43)26-17-24(33)9-12-28(26)41-19-31(34)37-38-41/h2-14,17-20,29H,15-16H2,1H3/t29-/m0/s1. The van der Waals surface area contributed by atoms with Crippen molar-refractivity contribution in [1.29, 1.82) is 0 Å². The minimum Gasteiger partial charge on any atom is -0.304 e. The summed E-state index contributed by atoms with van der Waals surface area (Å²) in [5, 5.41) is 8.55. The maximum atomic E-state index is 13.8. The minimum absolute atomic E-state index is 0.104. The lowest BCUT2D eigenvalue weighted by atomic mass is 9.97. The van der Waals surface area contributed by atoms with E-state index in [-0.39, 0.29) is 22.9 Å². The average Bonchev–Trinajstić information content (AvgIpc) is 3.64. The van der Waals surface area contributed by atoms with Crippen LogP contribution >= 0.6 is 23.2 Å². The molecule has 0 spiro atoms. The summed E-state index contributed by atoms with van der Waals surface area (Å²) < 4.78 is 4.86. The zero-order chi connectivity index (χ0) is 29.9. The molecule has 3 aromatic heterocycles. The van der Waals surface area contributed by atoms with Gasteiger partial charge in [-0.3, -0.25) is 14.2 Å². The summed E-state index contributed by atoms with van der Waals surface area (Å²) in [6, 6.07) is 23.2. The number of ketones is 1. The first-order chi connectivity index (χ1) is 20.9. The SMILES string of the molecule is Cc1nccn1-c1ccc(CC(=O)[C@H](Cc2ccccc2)n2cnc(-c3cc(Cl)ccc3-n3cc(Cl)nn3)cc2=O)cc1. The molecule has 214 valence electrons. The van der Waals surface area contributed by atoms with E-state index in [1.807, 2.05) is 72.3 Å². The summed E-state index contributed by atoms with van der Waals surface area (Å²) in [5.74, 6) is 0.768. The smallest absolute Gasteiger partial charge is 0.254 e. The Labute approximate surface area is 257 Å². The van der Waals surface area contributed by atoms with E-state index in [0.29, 0.717) is 28.4 Å². The molecule has 43 heavy (non-hydrogen) atoms. The number of halogens is 2. The number of rotatable bonds is 9. The molecule has 6 aromatic rings. The fourth-order valence-corrected chi connectivity index (χ4v) is 5.31. The molecule has 0 saturated carbocycles. The van der Waals surface area contributed by atoms with Crippen molar-refractivity contribution >= 4 is 29.0 Å². The van der Waals surface area contributed by atoms with Gasteiger partial charge in [0.1, 0.15) is 11.9 Å². The Morgan fingerprint density at radius 2 is 1.72 bits per heavy atom. The molecule has 3 aromatic carbocycles. The summed E-state index contributed by atoms with van der Waals surface area (Å²) in [6.45, 7) is 1.93. The molecule has 0 aliphatic rings. The van der Waals surface area contributed by atoms with Crippen LogP contribution in [0, 0.1) is 6.92 Å². The van der Waals surface area contributed by atoms with E-state index in [1.165, 1.54) is 21.6 Å². The van der Waals surface area contributed by atoms with E-state index in [2.05, 4.69) is 20.3 Å². The molecule has 0 unspecified atom stereocenters. The maximum Gasteiger partial charge on any atom is 0.254 e. The number of Topliss-reactive ketones (excluding diaryl/α,β-unsaturated/α-hetero) is 1. The molecule has 0 bridgehead atoms. The molecular formula is C32H25Cl2N7O2. The number of aromatic nitrogens is 7. The van der Waals surface area contributed by atoms with E-state index in [4.69, 9.17) is 23.2 Å². The number of aryl methyl sites for hydroxylation is 1. The van der Waals surface area contributed by atoms with Gasteiger partial charge in [-0.25, -0.2) is 14.6 Å². The third kappa shape index (κ3) is 6.18. The Morgan fingerprint density at radius 3 is 2.40 bits per heavy atom. The molecule has 11 heteroatoms. The number of carbonyl (C=O) groups excluding carboxylic acids is 1. The zero-order valence-electron chi connectivity index (χ0n) is 23.0.